The molecule has 0 atom stereocenters. The van der Waals surface area contributed by atoms with Crippen LogP contribution in [0.2, 0.25) is 0 Å². The number of nitrogens with one attached hydrogen (secondary N) is 1. The van der Waals surface area contributed by atoms with Gasteiger partial charge in [-0.25, -0.2) is 0 Å². The van der Waals surface area contributed by atoms with E-state index in [1.807, 2.05) is 4.90 Å². The van der Waals surface area contributed by atoms with Crippen LogP contribution in [0.15, 0.2) is 23.2 Å². The third kappa shape index (κ3) is 6.84. The van der Waals surface area contributed by atoms with Gasteiger partial charge in [0, 0.05) is 46.2 Å². The highest BCUT2D eigenvalue weighted by Crippen LogP contribution is 2.10. The van der Waals surface area contributed by atoms with E-state index in [1.54, 1.807) is 6.92 Å². The van der Waals surface area contributed by atoms with Crippen molar-refractivity contribution in [2.45, 2.75) is 34.1 Å². The first-order valence-corrected chi connectivity index (χ1v) is 8.85. The van der Waals surface area contributed by atoms with E-state index in [2.05, 4.69) is 49.2 Å². The number of halogens is 1. The molecule has 0 bridgehead atoms. The number of nitrogens with zero attached hydrogens (tertiary/aromatic N) is 3. The second-order valence-electron chi connectivity index (χ2n) is 6.47. The summed E-state index contributed by atoms with van der Waals surface area (Å²) in [5.74, 6) is 1.12. The minimum absolute atomic E-state index is 0. The fourth-order valence-electron chi connectivity index (χ4n) is 3.16. The van der Waals surface area contributed by atoms with E-state index in [0.29, 0.717) is 0 Å². The number of aryl methyl sites for hydroxylation is 2. The third-order valence-corrected chi connectivity index (χ3v) is 4.30. The summed E-state index contributed by atoms with van der Waals surface area (Å²) in [5, 5.41) is 3.38. The van der Waals surface area contributed by atoms with Crippen LogP contribution >= 0.6 is 24.0 Å². The van der Waals surface area contributed by atoms with Gasteiger partial charge < -0.3 is 15.1 Å². The van der Waals surface area contributed by atoms with Crippen LogP contribution in [0.3, 0.4) is 0 Å². The average Bonchev–Trinajstić information content (AvgIpc) is 2.53. The normalized spacial score (nSPS) is 15.0. The minimum Gasteiger partial charge on any atom is -0.357 e. The predicted molar refractivity (Wildman–Crippen MR) is 115 cm³/mol. The van der Waals surface area contributed by atoms with Crippen molar-refractivity contribution in [2.75, 3.05) is 39.3 Å². The summed E-state index contributed by atoms with van der Waals surface area (Å²) in [5.41, 5.74) is 3.95. The molecular formula is C19H31IN4O. The Morgan fingerprint density at radius 3 is 2.16 bits per heavy atom. The van der Waals surface area contributed by atoms with Crippen LogP contribution in [-0.4, -0.2) is 60.9 Å². The number of guanidine groups is 1. The van der Waals surface area contributed by atoms with Crippen LogP contribution in [0.5, 0.6) is 0 Å². The van der Waals surface area contributed by atoms with Crippen molar-refractivity contribution < 1.29 is 4.79 Å². The van der Waals surface area contributed by atoms with Gasteiger partial charge in [-0.1, -0.05) is 29.3 Å². The lowest BCUT2D eigenvalue weighted by molar-refractivity contribution is -0.130. The number of aliphatic imine (C=N–C) groups is 1. The van der Waals surface area contributed by atoms with E-state index in [1.165, 1.54) is 16.7 Å². The van der Waals surface area contributed by atoms with E-state index >= 15 is 0 Å². The first kappa shape index (κ1) is 21.7. The fourth-order valence-corrected chi connectivity index (χ4v) is 3.16. The molecule has 0 spiro atoms. The standard InChI is InChI=1S/C19H30N4O.HI/c1-5-20-19(23-10-8-22(9-11-23)17(4)24)21-7-6-18-13-15(2)12-16(3)14-18;/h12-14H,5-11H2,1-4H3,(H,20,21);1H. The van der Waals surface area contributed by atoms with Gasteiger partial charge in [0.25, 0.3) is 0 Å². The molecule has 2 rings (SSSR count). The molecule has 1 aliphatic rings. The van der Waals surface area contributed by atoms with Gasteiger partial charge in [0.05, 0.1) is 0 Å². The Bertz CT molecular complexity index is 575. The first-order valence-electron chi connectivity index (χ1n) is 8.85. The first-order chi connectivity index (χ1) is 11.5. The van der Waals surface area contributed by atoms with Gasteiger partial charge in [-0.2, -0.15) is 0 Å². The molecule has 0 aromatic heterocycles. The van der Waals surface area contributed by atoms with E-state index < -0.39 is 0 Å². The monoisotopic (exact) mass is 458 g/mol. The number of piperazine rings is 1. The molecule has 1 N–H and O–H groups in total. The number of amides is 1. The molecule has 5 nitrogen and oxygen atoms in total. The highest BCUT2D eigenvalue weighted by Gasteiger charge is 2.20. The maximum atomic E-state index is 11.4. The van der Waals surface area contributed by atoms with Gasteiger partial charge >= 0.3 is 0 Å². The lowest BCUT2D eigenvalue weighted by atomic mass is 10.1. The maximum Gasteiger partial charge on any atom is 0.219 e. The largest absolute Gasteiger partial charge is 0.357 e. The average molecular weight is 458 g/mol. The summed E-state index contributed by atoms with van der Waals surface area (Å²) in [6, 6.07) is 6.67. The molecule has 140 valence electrons. The molecule has 6 heteroatoms. The summed E-state index contributed by atoms with van der Waals surface area (Å²) < 4.78 is 0. The Morgan fingerprint density at radius 1 is 1.08 bits per heavy atom. The van der Waals surface area contributed by atoms with Gasteiger partial charge in [-0.05, 0) is 32.8 Å². The smallest absolute Gasteiger partial charge is 0.219 e. The molecule has 0 radical (unpaired) electrons. The van der Waals surface area contributed by atoms with E-state index in [0.717, 1.165) is 51.6 Å². The topological polar surface area (TPSA) is 47.9 Å². The number of hydrogen-bond acceptors (Lipinski definition) is 2. The molecule has 1 amide bonds. The molecule has 0 saturated carbocycles. The predicted octanol–water partition coefficient (Wildman–Crippen LogP) is 2.59. The lowest BCUT2D eigenvalue weighted by Crippen LogP contribution is -2.53. The second kappa shape index (κ2) is 10.6. The van der Waals surface area contributed by atoms with E-state index in [9.17, 15) is 4.79 Å². The Labute approximate surface area is 168 Å². The summed E-state index contributed by atoms with van der Waals surface area (Å²) in [4.78, 5) is 20.4. The molecule has 0 aliphatic carbocycles. The molecule has 25 heavy (non-hydrogen) atoms. The quantitative estimate of drug-likeness (QED) is 0.429. The summed E-state index contributed by atoms with van der Waals surface area (Å²) in [6.07, 6.45) is 0.949. The Kier molecular flexibility index (Phi) is 9.24. The summed E-state index contributed by atoms with van der Waals surface area (Å²) in [7, 11) is 0. The van der Waals surface area contributed by atoms with Crippen molar-refractivity contribution in [2.24, 2.45) is 4.99 Å². The highest BCUT2D eigenvalue weighted by atomic mass is 127. The molecule has 1 heterocycles. The van der Waals surface area contributed by atoms with Gasteiger partial charge in [-0.3, -0.25) is 9.79 Å². The molecule has 1 aromatic carbocycles. The lowest BCUT2D eigenvalue weighted by Gasteiger charge is -2.36. The maximum absolute atomic E-state index is 11.4. The van der Waals surface area contributed by atoms with Crippen molar-refractivity contribution in [3.05, 3.63) is 34.9 Å². The Hall–Kier alpha value is -1.31. The molecule has 0 unspecified atom stereocenters. The molecule has 1 aliphatic heterocycles. The zero-order valence-electron chi connectivity index (χ0n) is 15.8. The third-order valence-electron chi connectivity index (χ3n) is 4.30. The SMILES string of the molecule is CCNC(=NCCc1cc(C)cc(C)c1)N1CCN(C(C)=O)CC1.I. The van der Waals surface area contributed by atoms with Crippen molar-refractivity contribution in [3.63, 3.8) is 0 Å². The van der Waals surface area contributed by atoms with Gasteiger partial charge in [0.15, 0.2) is 5.96 Å². The molecule has 1 saturated heterocycles. The summed E-state index contributed by atoms with van der Waals surface area (Å²) >= 11 is 0. The Morgan fingerprint density at radius 2 is 1.64 bits per heavy atom. The number of carbonyl (C=O) groups is 1. The second-order valence-corrected chi connectivity index (χ2v) is 6.47. The zero-order chi connectivity index (χ0) is 17.5. The van der Waals surface area contributed by atoms with Crippen molar-refractivity contribution >= 4 is 35.8 Å². The van der Waals surface area contributed by atoms with Crippen LogP contribution in [0.25, 0.3) is 0 Å². The number of hydrogen-bond donors (Lipinski definition) is 1. The van der Waals surface area contributed by atoms with Crippen LogP contribution in [-0.2, 0) is 11.2 Å². The van der Waals surface area contributed by atoms with Crippen molar-refractivity contribution in [1.82, 2.24) is 15.1 Å². The number of rotatable bonds is 4. The van der Waals surface area contributed by atoms with Crippen LogP contribution in [0, 0.1) is 13.8 Å². The van der Waals surface area contributed by atoms with Gasteiger partial charge in [0.2, 0.25) is 5.91 Å². The van der Waals surface area contributed by atoms with E-state index in [4.69, 9.17) is 4.99 Å². The van der Waals surface area contributed by atoms with Crippen LogP contribution in [0.1, 0.15) is 30.5 Å². The number of benzene rings is 1. The van der Waals surface area contributed by atoms with Crippen LogP contribution < -0.4 is 5.32 Å². The zero-order valence-corrected chi connectivity index (χ0v) is 18.2. The molecule has 1 fully saturated rings. The van der Waals surface area contributed by atoms with Gasteiger partial charge in [0.1, 0.15) is 0 Å². The number of carbonyl (C=O) groups excluding carboxylic acids is 1. The van der Waals surface area contributed by atoms with Crippen LogP contribution in [0.4, 0.5) is 0 Å². The minimum atomic E-state index is 0. The molecule has 1 aromatic rings. The molecular weight excluding hydrogens is 427 g/mol. The van der Waals surface area contributed by atoms with Crippen molar-refractivity contribution in [3.8, 4) is 0 Å². The van der Waals surface area contributed by atoms with Crippen molar-refractivity contribution in [1.29, 1.82) is 0 Å². The highest BCUT2D eigenvalue weighted by molar-refractivity contribution is 14.0. The van der Waals surface area contributed by atoms with Gasteiger partial charge in [-0.15, -0.1) is 24.0 Å². The fraction of sp³-hybridized carbons (Fsp3) is 0.579. The summed E-state index contributed by atoms with van der Waals surface area (Å²) in [6.45, 7) is 12.9. The Balaban J connectivity index is 0.00000312. The van der Waals surface area contributed by atoms with E-state index in [-0.39, 0.29) is 29.9 Å².